The number of ether oxygens (including phenoxy) is 3. The maximum Gasteiger partial charge on any atom is 0.449 e. The lowest BCUT2D eigenvalue weighted by molar-refractivity contribution is -0.0586. The second-order valence-corrected chi connectivity index (χ2v) is 7.58. The van der Waals surface area contributed by atoms with Crippen molar-refractivity contribution in [3.63, 3.8) is 0 Å². The van der Waals surface area contributed by atoms with Crippen molar-refractivity contribution in [2.24, 2.45) is 4.99 Å². The van der Waals surface area contributed by atoms with Crippen LogP contribution in [0.4, 0.5) is 24.5 Å². The standard InChI is InChI=1S/C26H22F3N3O3/c1-16-4-6-17(7-5-16)31-25(26(27,28)29)32-18-8-10-19(11-9-18)35-22-12-13-30-21-15-24(34-3)23(33-2)14-20(21)22/h4-15H,1-3H3,(H,31,32). The molecule has 1 heterocycles. The predicted octanol–water partition coefficient (Wildman–Crippen LogP) is 7.06. The van der Waals surface area contributed by atoms with Crippen LogP contribution in [0.2, 0.25) is 0 Å². The molecule has 0 saturated carbocycles. The zero-order valence-corrected chi connectivity index (χ0v) is 19.2. The van der Waals surface area contributed by atoms with E-state index in [4.69, 9.17) is 14.2 Å². The first-order chi connectivity index (χ1) is 16.8. The van der Waals surface area contributed by atoms with Crippen LogP contribution in [0.25, 0.3) is 10.9 Å². The maximum absolute atomic E-state index is 13.6. The number of aromatic nitrogens is 1. The van der Waals surface area contributed by atoms with Gasteiger partial charge >= 0.3 is 6.18 Å². The number of amidine groups is 1. The molecule has 180 valence electrons. The Kier molecular flexibility index (Phi) is 6.77. The summed E-state index contributed by atoms with van der Waals surface area (Å²) in [5.41, 5.74) is 1.99. The summed E-state index contributed by atoms with van der Waals surface area (Å²) in [4.78, 5) is 8.07. The Hall–Kier alpha value is -4.27. The van der Waals surface area contributed by atoms with E-state index in [2.05, 4.69) is 15.3 Å². The normalized spacial score (nSPS) is 11.9. The highest BCUT2D eigenvalue weighted by Crippen LogP contribution is 2.37. The summed E-state index contributed by atoms with van der Waals surface area (Å²) in [6.07, 6.45) is -3.06. The van der Waals surface area contributed by atoms with Crippen LogP contribution >= 0.6 is 0 Å². The number of nitrogens with one attached hydrogen (secondary N) is 1. The van der Waals surface area contributed by atoms with Crippen LogP contribution < -0.4 is 19.5 Å². The molecule has 4 rings (SSSR count). The van der Waals surface area contributed by atoms with E-state index in [1.807, 2.05) is 6.92 Å². The summed E-state index contributed by atoms with van der Waals surface area (Å²) < 4.78 is 57.3. The third-order valence-electron chi connectivity index (χ3n) is 5.10. The number of benzene rings is 3. The molecule has 0 unspecified atom stereocenters. The average molecular weight is 481 g/mol. The maximum atomic E-state index is 13.6. The number of hydrogen-bond donors (Lipinski definition) is 1. The highest BCUT2D eigenvalue weighted by molar-refractivity contribution is 6.01. The van der Waals surface area contributed by atoms with Crippen molar-refractivity contribution >= 4 is 28.1 Å². The van der Waals surface area contributed by atoms with Crippen molar-refractivity contribution in [2.75, 3.05) is 19.5 Å². The number of nitrogens with zero attached hydrogens (tertiary/aromatic N) is 2. The first-order valence-electron chi connectivity index (χ1n) is 10.5. The molecule has 0 amide bonds. The van der Waals surface area contributed by atoms with E-state index < -0.39 is 12.0 Å². The van der Waals surface area contributed by atoms with Crippen molar-refractivity contribution in [1.29, 1.82) is 0 Å². The van der Waals surface area contributed by atoms with Crippen molar-refractivity contribution in [2.45, 2.75) is 13.1 Å². The summed E-state index contributed by atoms with van der Waals surface area (Å²) in [7, 11) is 3.07. The van der Waals surface area contributed by atoms with E-state index in [0.29, 0.717) is 33.9 Å². The van der Waals surface area contributed by atoms with Crippen molar-refractivity contribution in [1.82, 2.24) is 4.98 Å². The lowest BCUT2D eigenvalue weighted by Crippen LogP contribution is -2.30. The molecule has 3 aromatic carbocycles. The zero-order chi connectivity index (χ0) is 25.0. The van der Waals surface area contributed by atoms with Gasteiger partial charge in [0.05, 0.1) is 25.4 Å². The van der Waals surface area contributed by atoms with Gasteiger partial charge in [0.2, 0.25) is 5.84 Å². The van der Waals surface area contributed by atoms with Crippen LogP contribution in [0, 0.1) is 6.92 Å². The van der Waals surface area contributed by atoms with Gasteiger partial charge in [-0.2, -0.15) is 13.2 Å². The van der Waals surface area contributed by atoms with Crippen LogP contribution in [0.5, 0.6) is 23.0 Å². The summed E-state index contributed by atoms with van der Waals surface area (Å²) in [5, 5.41) is 3.05. The van der Waals surface area contributed by atoms with E-state index in [0.717, 1.165) is 5.56 Å². The van der Waals surface area contributed by atoms with Gasteiger partial charge in [-0.1, -0.05) is 17.7 Å². The Bertz CT molecular complexity index is 1350. The van der Waals surface area contributed by atoms with Crippen LogP contribution in [-0.2, 0) is 0 Å². The van der Waals surface area contributed by atoms with Gasteiger partial charge in [0.1, 0.15) is 11.5 Å². The van der Waals surface area contributed by atoms with E-state index in [1.54, 1.807) is 48.7 Å². The first-order valence-corrected chi connectivity index (χ1v) is 10.5. The Balaban J connectivity index is 1.57. The summed E-state index contributed by atoms with van der Waals surface area (Å²) in [5.74, 6) is 0.879. The fourth-order valence-corrected chi connectivity index (χ4v) is 3.32. The molecule has 1 N–H and O–H groups in total. The van der Waals surface area contributed by atoms with Gasteiger partial charge in [0.15, 0.2) is 11.5 Å². The minimum Gasteiger partial charge on any atom is -0.493 e. The highest BCUT2D eigenvalue weighted by atomic mass is 19.4. The quantitative estimate of drug-likeness (QED) is 0.236. The molecule has 35 heavy (non-hydrogen) atoms. The largest absolute Gasteiger partial charge is 0.493 e. The molecule has 9 heteroatoms. The second-order valence-electron chi connectivity index (χ2n) is 7.58. The predicted molar refractivity (Wildman–Crippen MR) is 129 cm³/mol. The molecule has 0 atom stereocenters. The Morgan fingerprint density at radius 2 is 1.51 bits per heavy atom. The Labute approximate surface area is 200 Å². The first kappa shape index (κ1) is 23.9. The van der Waals surface area contributed by atoms with E-state index >= 15 is 0 Å². The fourth-order valence-electron chi connectivity index (χ4n) is 3.32. The van der Waals surface area contributed by atoms with E-state index in [1.165, 1.54) is 38.5 Å². The van der Waals surface area contributed by atoms with Gasteiger partial charge in [-0.05, 0) is 55.5 Å². The summed E-state index contributed by atoms with van der Waals surface area (Å²) >= 11 is 0. The highest BCUT2D eigenvalue weighted by Gasteiger charge is 2.36. The van der Waals surface area contributed by atoms with Crippen LogP contribution in [-0.4, -0.2) is 31.2 Å². The van der Waals surface area contributed by atoms with E-state index in [-0.39, 0.29) is 11.4 Å². The number of alkyl halides is 3. The summed E-state index contributed by atoms with van der Waals surface area (Å²) in [6, 6.07) is 17.7. The van der Waals surface area contributed by atoms with Gasteiger partial charge < -0.3 is 19.5 Å². The molecule has 0 saturated heterocycles. The van der Waals surface area contributed by atoms with Gasteiger partial charge in [0.25, 0.3) is 0 Å². The molecule has 0 radical (unpaired) electrons. The number of pyridine rings is 1. The molecule has 0 aliphatic rings. The number of fused-ring (bicyclic) bond motifs is 1. The molecule has 6 nitrogen and oxygen atoms in total. The number of methoxy groups -OCH3 is 2. The molecule has 0 fully saturated rings. The number of hydrogen-bond acceptors (Lipinski definition) is 5. The van der Waals surface area contributed by atoms with Gasteiger partial charge in [-0.25, -0.2) is 4.99 Å². The van der Waals surface area contributed by atoms with Crippen molar-refractivity contribution in [3.05, 3.63) is 78.5 Å². The Morgan fingerprint density at radius 3 is 2.14 bits per heavy atom. The SMILES string of the molecule is COc1cc2nccc(Oc3ccc(NC(=Nc4ccc(C)cc4)C(F)(F)F)cc3)c2cc1OC. The average Bonchev–Trinajstić information content (AvgIpc) is 2.84. The van der Waals surface area contributed by atoms with Crippen molar-refractivity contribution in [3.8, 4) is 23.0 Å². The number of halogens is 3. The van der Waals surface area contributed by atoms with Crippen molar-refractivity contribution < 1.29 is 27.4 Å². The zero-order valence-electron chi connectivity index (χ0n) is 19.2. The Morgan fingerprint density at radius 1 is 0.857 bits per heavy atom. The lowest BCUT2D eigenvalue weighted by Gasteiger charge is -2.14. The number of aryl methyl sites for hydroxylation is 1. The van der Waals surface area contributed by atoms with Gasteiger partial charge in [-0.15, -0.1) is 0 Å². The topological polar surface area (TPSA) is 65.0 Å². The smallest absolute Gasteiger partial charge is 0.449 e. The molecular weight excluding hydrogens is 459 g/mol. The van der Waals surface area contributed by atoms with Gasteiger partial charge in [0, 0.05) is 23.3 Å². The van der Waals surface area contributed by atoms with Gasteiger partial charge in [-0.3, -0.25) is 4.98 Å². The summed E-state index contributed by atoms with van der Waals surface area (Å²) in [6.45, 7) is 1.85. The number of rotatable bonds is 6. The molecule has 4 aromatic rings. The number of aliphatic imine (C=N–C) groups is 1. The van der Waals surface area contributed by atoms with Crippen LogP contribution in [0.1, 0.15) is 5.56 Å². The fraction of sp³-hybridized carbons (Fsp3) is 0.154. The third kappa shape index (κ3) is 5.63. The monoisotopic (exact) mass is 481 g/mol. The second kappa shape index (κ2) is 9.92. The molecule has 0 aliphatic carbocycles. The van der Waals surface area contributed by atoms with E-state index in [9.17, 15) is 13.2 Å². The number of anilines is 1. The minimum atomic E-state index is -4.66. The third-order valence-corrected chi connectivity index (χ3v) is 5.10. The minimum absolute atomic E-state index is 0.201. The molecular formula is C26H22F3N3O3. The lowest BCUT2D eigenvalue weighted by atomic mass is 10.2. The van der Waals surface area contributed by atoms with Crippen LogP contribution in [0.3, 0.4) is 0 Å². The molecule has 0 aliphatic heterocycles. The molecule has 0 bridgehead atoms. The van der Waals surface area contributed by atoms with Crippen LogP contribution in [0.15, 0.2) is 77.9 Å². The molecule has 1 aromatic heterocycles. The molecule has 0 spiro atoms.